The van der Waals surface area contributed by atoms with Gasteiger partial charge < -0.3 is 20.2 Å². The summed E-state index contributed by atoms with van der Waals surface area (Å²) in [5.74, 6) is -0.0288. The van der Waals surface area contributed by atoms with E-state index in [-0.39, 0.29) is 5.92 Å². The maximum Gasteiger partial charge on any atom is 0.186 e. The first-order chi connectivity index (χ1) is 11.3. The highest BCUT2D eigenvalue weighted by Crippen LogP contribution is 2.35. The molecule has 6 nitrogen and oxygen atoms in total. The Bertz CT molecular complexity index is 679. The maximum absolute atomic E-state index is 11.0. The molecule has 0 fully saturated rings. The zero-order valence-electron chi connectivity index (χ0n) is 14.5. The SMILES string of the molecule is CCN1C(C(O)c2cc(C)cc(C#N)c2)=C(C(C)C)C(O)NC1O. The van der Waals surface area contributed by atoms with Gasteiger partial charge in [0.25, 0.3) is 0 Å². The number of likely N-dealkylation sites (N-methyl/N-ethyl adjacent to an activating group) is 1. The molecular weight excluding hydrogens is 306 g/mol. The molecule has 0 amide bonds. The van der Waals surface area contributed by atoms with Crippen molar-refractivity contribution in [1.82, 2.24) is 10.2 Å². The van der Waals surface area contributed by atoms with Gasteiger partial charge in [-0.3, -0.25) is 0 Å². The van der Waals surface area contributed by atoms with E-state index in [1.165, 1.54) is 0 Å². The molecule has 0 radical (unpaired) electrons. The van der Waals surface area contributed by atoms with Crippen LogP contribution in [0.5, 0.6) is 0 Å². The molecule has 6 heteroatoms. The molecule has 1 heterocycles. The van der Waals surface area contributed by atoms with Crippen molar-refractivity contribution in [3.05, 3.63) is 46.2 Å². The van der Waals surface area contributed by atoms with Crippen LogP contribution in [0.1, 0.15) is 43.6 Å². The Morgan fingerprint density at radius 3 is 2.50 bits per heavy atom. The minimum Gasteiger partial charge on any atom is -0.382 e. The van der Waals surface area contributed by atoms with Crippen molar-refractivity contribution in [3.63, 3.8) is 0 Å². The molecule has 4 N–H and O–H groups in total. The molecule has 130 valence electrons. The Balaban J connectivity index is 2.61. The Morgan fingerprint density at radius 2 is 1.96 bits per heavy atom. The fourth-order valence-corrected chi connectivity index (χ4v) is 3.22. The molecule has 24 heavy (non-hydrogen) atoms. The number of nitrogens with one attached hydrogen (secondary N) is 1. The summed E-state index contributed by atoms with van der Waals surface area (Å²) >= 11 is 0. The van der Waals surface area contributed by atoms with E-state index in [1.54, 1.807) is 17.0 Å². The average Bonchev–Trinajstić information content (AvgIpc) is 2.52. The lowest BCUT2D eigenvalue weighted by Gasteiger charge is -2.43. The van der Waals surface area contributed by atoms with Crippen LogP contribution < -0.4 is 5.32 Å². The fraction of sp³-hybridized carbons (Fsp3) is 0.500. The van der Waals surface area contributed by atoms with Gasteiger partial charge in [0.05, 0.1) is 17.3 Å². The van der Waals surface area contributed by atoms with Gasteiger partial charge in [-0.05, 0) is 48.6 Å². The highest BCUT2D eigenvalue weighted by molar-refractivity contribution is 5.41. The van der Waals surface area contributed by atoms with Crippen molar-refractivity contribution in [2.24, 2.45) is 5.92 Å². The molecule has 0 saturated carbocycles. The summed E-state index contributed by atoms with van der Waals surface area (Å²) in [6.07, 6.45) is -3.16. The third kappa shape index (κ3) is 3.45. The van der Waals surface area contributed by atoms with Gasteiger partial charge in [-0.2, -0.15) is 5.26 Å². The minimum absolute atomic E-state index is 0.0288. The summed E-state index contributed by atoms with van der Waals surface area (Å²) in [7, 11) is 0. The number of rotatable bonds is 4. The zero-order chi connectivity index (χ0) is 18.0. The fourth-order valence-electron chi connectivity index (χ4n) is 3.22. The van der Waals surface area contributed by atoms with E-state index in [0.717, 1.165) is 5.56 Å². The monoisotopic (exact) mass is 331 g/mol. The van der Waals surface area contributed by atoms with Gasteiger partial charge >= 0.3 is 0 Å². The number of aryl methyl sites for hydroxylation is 1. The van der Waals surface area contributed by atoms with Crippen LogP contribution in [-0.2, 0) is 0 Å². The van der Waals surface area contributed by atoms with Gasteiger partial charge in [0.15, 0.2) is 6.35 Å². The molecule has 0 aliphatic carbocycles. The number of benzene rings is 1. The third-order valence-corrected chi connectivity index (χ3v) is 4.27. The van der Waals surface area contributed by atoms with Crippen LogP contribution in [0.4, 0.5) is 0 Å². The Morgan fingerprint density at radius 1 is 1.29 bits per heavy atom. The number of nitrogens with zero attached hydrogens (tertiary/aromatic N) is 2. The van der Waals surface area contributed by atoms with Crippen molar-refractivity contribution in [2.75, 3.05) is 6.54 Å². The van der Waals surface area contributed by atoms with Gasteiger partial charge in [-0.15, -0.1) is 0 Å². The van der Waals surface area contributed by atoms with E-state index in [9.17, 15) is 15.3 Å². The molecule has 2 rings (SSSR count). The van der Waals surface area contributed by atoms with Gasteiger partial charge in [0, 0.05) is 6.54 Å². The molecular formula is C18H25N3O3. The largest absolute Gasteiger partial charge is 0.382 e. The molecule has 1 aromatic carbocycles. The molecule has 1 aliphatic heterocycles. The predicted octanol–water partition coefficient (Wildman–Crippen LogP) is 1.33. The maximum atomic E-state index is 11.0. The van der Waals surface area contributed by atoms with Crippen LogP contribution in [0.25, 0.3) is 0 Å². The summed E-state index contributed by atoms with van der Waals surface area (Å²) in [5, 5.41) is 43.4. The summed E-state index contributed by atoms with van der Waals surface area (Å²) in [5.41, 5.74) is 3.02. The Kier molecular flexibility index (Phi) is 5.62. The van der Waals surface area contributed by atoms with Gasteiger partial charge in [0.2, 0.25) is 0 Å². The van der Waals surface area contributed by atoms with Crippen LogP contribution in [0.3, 0.4) is 0 Å². The highest BCUT2D eigenvalue weighted by Gasteiger charge is 2.36. The lowest BCUT2D eigenvalue weighted by Crippen LogP contribution is -2.56. The first-order valence-corrected chi connectivity index (χ1v) is 8.12. The lowest BCUT2D eigenvalue weighted by molar-refractivity contribution is -0.0649. The number of nitriles is 1. The first kappa shape index (κ1) is 18.4. The predicted molar refractivity (Wildman–Crippen MR) is 90.2 cm³/mol. The highest BCUT2D eigenvalue weighted by atomic mass is 16.3. The average molecular weight is 331 g/mol. The first-order valence-electron chi connectivity index (χ1n) is 8.12. The lowest BCUT2D eigenvalue weighted by atomic mass is 9.91. The standard InChI is InChI=1S/C18H25N3O3/c1-5-21-15(14(10(2)3)17(23)20-18(21)24)16(22)13-7-11(4)6-12(8-13)9-19/h6-8,10,16-18,20,22-24H,5H2,1-4H3. The van der Waals surface area contributed by atoms with E-state index in [2.05, 4.69) is 11.4 Å². The van der Waals surface area contributed by atoms with Gasteiger partial charge in [0.1, 0.15) is 12.3 Å². The van der Waals surface area contributed by atoms with Crippen molar-refractivity contribution in [2.45, 2.75) is 46.4 Å². The van der Waals surface area contributed by atoms with Crippen molar-refractivity contribution >= 4 is 0 Å². The molecule has 0 bridgehead atoms. The smallest absolute Gasteiger partial charge is 0.186 e. The summed E-state index contributed by atoms with van der Waals surface area (Å²) in [6.45, 7) is 8.04. The van der Waals surface area contributed by atoms with E-state index in [1.807, 2.05) is 33.8 Å². The number of hydrogen-bond donors (Lipinski definition) is 4. The second-order valence-electron chi connectivity index (χ2n) is 6.37. The molecule has 3 unspecified atom stereocenters. The van der Waals surface area contributed by atoms with Crippen molar-refractivity contribution in [1.29, 1.82) is 5.26 Å². The Hall–Kier alpha value is -1.91. The topological polar surface area (TPSA) is 99.8 Å². The van der Waals surface area contributed by atoms with Crippen LogP contribution in [-0.4, -0.2) is 39.3 Å². The van der Waals surface area contributed by atoms with Crippen LogP contribution >= 0.6 is 0 Å². The molecule has 3 atom stereocenters. The second-order valence-corrected chi connectivity index (χ2v) is 6.37. The van der Waals surface area contributed by atoms with Crippen LogP contribution in [0.15, 0.2) is 29.5 Å². The quantitative estimate of drug-likeness (QED) is 0.664. The van der Waals surface area contributed by atoms with E-state index >= 15 is 0 Å². The molecule has 1 aromatic rings. The van der Waals surface area contributed by atoms with Crippen LogP contribution in [0.2, 0.25) is 0 Å². The summed E-state index contributed by atoms with van der Waals surface area (Å²) in [4.78, 5) is 1.63. The van der Waals surface area contributed by atoms with Gasteiger partial charge in [-0.1, -0.05) is 19.9 Å². The van der Waals surface area contributed by atoms with E-state index < -0.39 is 18.7 Å². The Labute approximate surface area is 142 Å². The van der Waals surface area contributed by atoms with Crippen molar-refractivity contribution < 1.29 is 15.3 Å². The van der Waals surface area contributed by atoms with E-state index in [4.69, 9.17) is 5.26 Å². The second kappa shape index (κ2) is 7.32. The third-order valence-electron chi connectivity index (χ3n) is 4.27. The van der Waals surface area contributed by atoms with E-state index in [0.29, 0.717) is 28.9 Å². The number of aliphatic hydroxyl groups excluding tert-OH is 3. The zero-order valence-corrected chi connectivity index (χ0v) is 14.5. The molecule has 0 aromatic heterocycles. The normalized spacial score (nSPS) is 22.7. The number of hydrogen-bond acceptors (Lipinski definition) is 6. The number of aliphatic hydroxyl groups is 3. The molecule has 0 spiro atoms. The summed E-state index contributed by atoms with van der Waals surface area (Å²) < 4.78 is 0. The molecule has 0 saturated heterocycles. The minimum atomic E-state index is -1.09. The van der Waals surface area contributed by atoms with Crippen LogP contribution in [0, 0.1) is 24.2 Å². The van der Waals surface area contributed by atoms with Crippen molar-refractivity contribution in [3.8, 4) is 6.07 Å². The molecule has 1 aliphatic rings. The van der Waals surface area contributed by atoms with Gasteiger partial charge in [-0.25, -0.2) is 5.32 Å². The summed E-state index contributed by atoms with van der Waals surface area (Å²) in [6, 6.07) is 7.29.